The van der Waals surface area contributed by atoms with Gasteiger partial charge < -0.3 is 59.0 Å². The summed E-state index contributed by atoms with van der Waals surface area (Å²) in [5, 5.41) is 0. The lowest BCUT2D eigenvalue weighted by Crippen LogP contribution is -2.35. The standard InChI is InChI=1S/C43H53F2N9O9/c1-28-32-27-50-42(41-48-6-4-7-49-41)52-34(32)5-8-54(28)31-24-33(44)38(45)35(25-31)62-19-17-60-15-13-58-11-9-57-10-12-59-14-16-61-18-20-63-39-36(55-2)22-29(23-37(39)56-3)21-30-26-51-43(47)53-40(30)46/h4,6-7,22-28H,5,8-21H2,1-3H3,(H4,46,47,51,53)/t28-/m1/s1. The second-order valence-corrected chi connectivity index (χ2v) is 13.9. The zero-order valence-corrected chi connectivity index (χ0v) is 35.6. The van der Waals surface area contributed by atoms with E-state index in [4.69, 9.17) is 54.1 Å². The van der Waals surface area contributed by atoms with E-state index in [1.807, 2.05) is 24.0 Å². The number of nitrogens with zero attached hydrogens (tertiary/aromatic N) is 7. The van der Waals surface area contributed by atoms with Gasteiger partial charge in [-0.3, -0.25) is 0 Å². The summed E-state index contributed by atoms with van der Waals surface area (Å²) in [5.41, 5.74) is 15.4. The lowest BCUT2D eigenvalue weighted by atomic mass is 9.98. The summed E-state index contributed by atoms with van der Waals surface area (Å²) in [5.74, 6) is 0.531. The van der Waals surface area contributed by atoms with Crippen LogP contribution in [0.4, 0.5) is 26.2 Å². The van der Waals surface area contributed by atoms with Gasteiger partial charge in [-0.1, -0.05) is 0 Å². The van der Waals surface area contributed by atoms with Crippen molar-refractivity contribution in [2.45, 2.75) is 25.8 Å². The number of ether oxygens (including phenoxy) is 9. The van der Waals surface area contributed by atoms with Crippen molar-refractivity contribution >= 4 is 17.5 Å². The van der Waals surface area contributed by atoms with E-state index < -0.39 is 11.6 Å². The normalized spacial score (nSPS) is 13.5. The molecule has 4 N–H and O–H groups in total. The lowest BCUT2D eigenvalue weighted by molar-refractivity contribution is -0.0143. The third-order valence-corrected chi connectivity index (χ3v) is 9.76. The van der Waals surface area contributed by atoms with Crippen LogP contribution in [0, 0.1) is 11.6 Å². The summed E-state index contributed by atoms with van der Waals surface area (Å²) >= 11 is 0. The molecular formula is C43H53F2N9O9. The molecule has 0 saturated carbocycles. The fourth-order valence-electron chi connectivity index (χ4n) is 6.62. The lowest BCUT2D eigenvalue weighted by Gasteiger charge is -2.36. The van der Waals surface area contributed by atoms with E-state index in [9.17, 15) is 8.78 Å². The highest BCUT2D eigenvalue weighted by atomic mass is 19.2. The number of hydrogen-bond acceptors (Lipinski definition) is 18. The van der Waals surface area contributed by atoms with Gasteiger partial charge in [0.05, 0.1) is 92.0 Å². The van der Waals surface area contributed by atoms with Crippen LogP contribution in [0.15, 0.2) is 55.1 Å². The van der Waals surface area contributed by atoms with Gasteiger partial charge in [-0.25, -0.2) is 29.3 Å². The van der Waals surface area contributed by atoms with Gasteiger partial charge in [0.2, 0.25) is 17.5 Å². The van der Waals surface area contributed by atoms with Crippen molar-refractivity contribution in [3.63, 3.8) is 0 Å². The monoisotopic (exact) mass is 877 g/mol. The van der Waals surface area contributed by atoms with Gasteiger partial charge in [-0.15, -0.1) is 0 Å². The molecule has 0 amide bonds. The average molecular weight is 878 g/mol. The van der Waals surface area contributed by atoms with E-state index in [0.29, 0.717) is 119 Å². The van der Waals surface area contributed by atoms with Gasteiger partial charge in [0.15, 0.2) is 34.7 Å². The molecule has 1 aliphatic rings. The molecule has 0 bridgehead atoms. The quantitative estimate of drug-likeness (QED) is 0.0735. The number of rotatable bonds is 26. The minimum absolute atomic E-state index is 0.0259. The molecule has 1 atom stereocenters. The van der Waals surface area contributed by atoms with Crippen LogP contribution in [-0.2, 0) is 36.5 Å². The van der Waals surface area contributed by atoms with Crippen LogP contribution in [-0.4, -0.2) is 130 Å². The first kappa shape index (κ1) is 46.4. The topological polar surface area (TPSA) is 216 Å². The van der Waals surface area contributed by atoms with Crippen molar-refractivity contribution in [3.05, 3.63) is 89.1 Å². The van der Waals surface area contributed by atoms with Crippen LogP contribution in [0.5, 0.6) is 23.0 Å². The molecule has 0 spiro atoms. The van der Waals surface area contributed by atoms with Crippen LogP contribution in [0.3, 0.4) is 0 Å². The minimum atomic E-state index is -1.05. The smallest absolute Gasteiger partial charge is 0.221 e. The first-order valence-electron chi connectivity index (χ1n) is 20.4. The van der Waals surface area contributed by atoms with E-state index >= 15 is 0 Å². The van der Waals surface area contributed by atoms with E-state index in [1.54, 1.807) is 45.1 Å². The predicted molar refractivity (Wildman–Crippen MR) is 227 cm³/mol. The van der Waals surface area contributed by atoms with E-state index in [-0.39, 0.29) is 37.6 Å². The second kappa shape index (κ2) is 24.0. The fraction of sp³-hybridized carbons (Fsp3) is 0.442. The van der Waals surface area contributed by atoms with Crippen molar-refractivity contribution in [3.8, 4) is 34.6 Å². The highest BCUT2D eigenvalue weighted by Crippen LogP contribution is 2.40. The molecule has 3 aromatic heterocycles. The largest absolute Gasteiger partial charge is 0.493 e. The molecule has 18 nitrogen and oxygen atoms in total. The zero-order valence-electron chi connectivity index (χ0n) is 35.6. The summed E-state index contributed by atoms with van der Waals surface area (Å²) in [6.45, 7) is 6.24. The molecule has 0 fully saturated rings. The number of benzene rings is 2. The number of halogens is 2. The zero-order chi connectivity index (χ0) is 44.4. The minimum Gasteiger partial charge on any atom is -0.493 e. The van der Waals surface area contributed by atoms with Crippen molar-refractivity contribution in [2.75, 3.05) is 116 Å². The summed E-state index contributed by atoms with van der Waals surface area (Å²) in [7, 11) is 3.10. The molecule has 0 unspecified atom stereocenters. The van der Waals surface area contributed by atoms with Gasteiger partial charge in [0.1, 0.15) is 19.0 Å². The van der Waals surface area contributed by atoms with Crippen molar-refractivity contribution < 1.29 is 51.4 Å². The fourth-order valence-corrected chi connectivity index (χ4v) is 6.62. The van der Waals surface area contributed by atoms with Gasteiger partial charge in [0, 0.05) is 73.1 Å². The molecular weight excluding hydrogens is 825 g/mol. The molecule has 2 aromatic carbocycles. The van der Waals surface area contributed by atoms with E-state index in [1.165, 1.54) is 12.1 Å². The van der Waals surface area contributed by atoms with Crippen LogP contribution in [0.25, 0.3) is 11.6 Å². The SMILES string of the molecule is COc1cc(Cc2cnc(N)nc2N)cc(OC)c1OCCOCCOCCOCCOCCOCCOc1cc(N2CCc3nc(-c4ncccn4)ncc3[C@H]2C)cc(F)c1F. The Hall–Kier alpha value is -6.06. The first-order chi connectivity index (χ1) is 30.7. The van der Waals surface area contributed by atoms with Crippen molar-refractivity contribution in [2.24, 2.45) is 0 Å². The number of fused-ring (bicyclic) bond motifs is 1. The molecule has 20 heteroatoms. The summed E-state index contributed by atoms with van der Waals surface area (Å²) in [6, 6.07) is 7.90. The number of hydrogen-bond donors (Lipinski definition) is 2. The van der Waals surface area contributed by atoms with E-state index in [0.717, 1.165) is 22.4 Å². The van der Waals surface area contributed by atoms with Crippen LogP contribution >= 0.6 is 0 Å². The number of aromatic nitrogens is 6. The average Bonchev–Trinajstić information content (AvgIpc) is 3.29. The summed E-state index contributed by atoms with van der Waals surface area (Å²) in [4.78, 5) is 27.6. The highest BCUT2D eigenvalue weighted by molar-refractivity contribution is 5.57. The summed E-state index contributed by atoms with van der Waals surface area (Å²) in [6.07, 6.45) is 7.64. The maximum atomic E-state index is 14.7. The number of methoxy groups -OCH3 is 2. The van der Waals surface area contributed by atoms with Crippen LogP contribution in [0.2, 0.25) is 0 Å². The Morgan fingerprint density at radius 1 is 0.667 bits per heavy atom. The molecule has 1 aliphatic heterocycles. The predicted octanol–water partition coefficient (Wildman–Crippen LogP) is 4.44. The molecule has 0 saturated heterocycles. The Morgan fingerprint density at radius 3 is 1.84 bits per heavy atom. The third-order valence-electron chi connectivity index (χ3n) is 9.76. The van der Waals surface area contributed by atoms with Crippen molar-refractivity contribution in [1.82, 2.24) is 29.9 Å². The molecule has 5 aromatic rings. The maximum Gasteiger partial charge on any atom is 0.221 e. The maximum absolute atomic E-state index is 14.7. The Balaban J connectivity index is 0.772. The number of nitrogen functional groups attached to an aromatic ring is 2. The van der Waals surface area contributed by atoms with Gasteiger partial charge in [-0.2, -0.15) is 9.37 Å². The molecule has 63 heavy (non-hydrogen) atoms. The van der Waals surface area contributed by atoms with Crippen molar-refractivity contribution in [1.29, 1.82) is 0 Å². The number of anilines is 3. The molecule has 6 rings (SSSR count). The molecule has 4 heterocycles. The molecule has 0 radical (unpaired) electrons. The van der Waals surface area contributed by atoms with Crippen LogP contribution < -0.4 is 35.3 Å². The Labute approximate surface area is 364 Å². The molecule has 338 valence electrons. The second-order valence-electron chi connectivity index (χ2n) is 13.9. The summed E-state index contributed by atoms with van der Waals surface area (Å²) < 4.78 is 79.9. The number of nitrogens with two attached hydrogens (primary N) is 2. The van der Waals surface area contributed by atoms with Crippen LogP contribution in [0.1, 0.15) is 35.3 Å². The Bertz CT molecular complexity index is 2190. The highest BCUT2D eigenvalue weighted by Gasteiger charge is 2.28. The first-order valence-corrected chi connectivity index (χ1v) is 20.4. The van der Waals surface area contributed by atoms with Gasteiger partial charge in [0.25, 0.3) is 0 Å². The van der Waals surface area contributed by atoms with E-state index in [2.05, 4.69) is 29.9 Å². The van der Waals surface area contributed by atoms with Gasteiger partial charge >= 0.3 is 0 Å². The van der Waals surface area contributed by atoms with Gasteiger partial charge in [-0.05, 0) is 30.7 Å². The Morgan fingerprint density at radius 2 is 1.25 bits per heavy atom. The molecule has 0 aliphatic carbocycles. The Kier molecular flexibility index (Phi) is 17.7. The third kappa shape index (κ3) is 13.2.